The molecule has 2 aromatic rings. The Morgan fingerprint density at radius 3 is 2.79 bits per heavy atom. The first-order chi connectivity index (χ1) is 9.10. The van der Waals surface area contributed by atoms with E-state index in [0.717, 1.165) is 25.9 Å². The zero-order valence-corrected chi connectivity index (χ0v) is 14.0. The van der Waals surface area contributed by atoms with Crippen molar-refractivity contribution >= 4 is 49.1 Å². The minimum atomic E-state index is 0.450. The molecule has 0 spiro atoms. The fourth-order valence-electron chi connectivity index (χ4n) is 1.60. The van der Waals surface area contributed by atoms with E-state index >= 15 is 0 Å². The van der Waals surface area contributed by atoms with E-state index < -0.39 is 0 Å². The van der Waals surface area contributed by atoms with Crippen molar-refractivity contribution in [2.45, 2.75) is 6.54 Å². The molecule has 0 aliphatic carbocycles. The summed E-state index contributed by atoms with van der Waals surface area (Å²) in [6.45, 7) is 0.637. The van der Waals surface area contributed by atoms with Crippen LogP contribution >= 0.6 is 43.5 Å². The summed E-state index contributed by atoms with van der Waals surface area (Å²) in [6.07, 6.45) is 1.69. The van der Waals surface area contributed by atoms with Gasteiger partial charge in [-0.25, -0.2) is 4.98 Å². The average molecular weight is 407 g/mol. The second kappa shape index (κ2) is 6.59. The lowest BCUT2D eigenvalue weighted by Crippen LogP contribution is -2.02. The van der Waals surface area contributed by atoms with Crippen LogP contribution < -0.4 is 10.1 Å². The Hall–Kier alpha value is -0.780. The van der Waals surface area contributed by atoms with Crippen molar-refractivity contribution in [1.82, 2.24) is 4.98 Å². The highest BCUT2D eigenvalue weighted by Gasteiger charge is 2.05. The summed E-state index contributed by atoms with van der Waals surface area (Å²) in [5, 5.41) is 3.73. The number of rotatable bonds is 4. The van der Waals surface area contributed by atoms with Crippen molar-refractivity contribution in [2.75, 3.05) is 12.4 Å². The van der Waals surface area contributed by atoms with E-state index in [1.807, 2.05) is 24.3 Å². The van der Waals surface area contributed by atoms with Crippen molar-refractivity contribution < 1.29 is 4.74 Å². The van der Waals surface area contributed by atoms with E-state index in [-0.39, 0.29) is 0 Å². The third-order valence-electron chi connectivity index (χ3n) is 2.52. The topological polar surface area (TPSA) is 34.1 Å². The maximum Gasteiger partial charge on any atom is 0.143 e. The number of methoxy groups -OCH3 is 1. The number of anilines is 1. The molecule has 0 saturated carbocycles. The summed E-state index contributed by atoms with van der Waals surface area (Å²) < 4.78 is 7.10. The van der Waals surface area contributed by atoms with Gasteiger partial charge >= 0.3 is 0 Å². The monoisotopic (exact) mass is 404 g/mol. The van der Waals surface area contributed by atoms with Gasteiger partial charge in [0.05, 0.1) is 23.5 Å². The summed E-state index contributed by atoms with van der Waals surface area (Å²) in [7, 11) is 1.66. The van der Waals surface area contributed by atoms with Crippen LogP contribution in [0, 0.1) is 0 Å². The summed E-state index contributed by atoms with van der Waals surface area (Å²) in [5.41, 5.74) is 1.95. The van der Waals surface area contributed by atoms with Gasteiger partial charge in [0, 0.05) is 16.6 Å². The molecule has 0 unspecified atom stereocenters. The number of ether oxygens (including phenoxy) is 1. The number of nitrogens with one attached hydrogen (secondary N) is 1. The molecule has 0 fully saturated rings. The Labute approximate surface area is 133 Å². The first kappa shape index (κ1) is 14.6. The highest BCUT2D eigenvalue weighted by atomic mass is 79.9. The number of aromatic nitrogens is 1. The lowest BCUT2D eigenvalue weighted by Gasteiger charge is -2.11. The molecule has 0 aliphatic rings. The summed E-state index contributed by atoms with van der Waals surface area (Å²) in [6, 6.07) is 7.78. The van der Waals surface area contributed by atoms with Crippen LogP contribution in [0.4, 0.5) is 5.69 Å². The Morgan fingerprint density at radius 1 is 1.32 bits per heavy atom. The number of hydrogen-bond acceptors (Lipinski definition) is 3. The molecule has 2 rings (SSSR count). The zero-order valence-electron chi connectivity index (χ0n) is 10.1. The second-order valence-corrected chi connectivity index (χ2v) is 5.93. The van der Waals surface area contributed by atoms with Crippen LogP contribution in [0.2, 0.25) is 5.15 Å². The fraction of sp³-hybridized carbons (Fsp3) is 0.154. The van der Waals surface area contributed by atoms with Gasteiger partial charge in [0.15, 0.2) is 0 Å². The molecular formula is C13H11Br2ClN2O. The zero-order chi connectivity index (χ0) is 13.8. The Balaban J connectivity index is 2.13. The molecule has 0 radical (unpaired) electrons. The summed E-state index contributed by atoms with van der Waals surface area (Å²) in [5.74, 6) is 0.844. The molecule has 3 nitrogen and oxygen atoms in total. The summed E-state index contributed by atoms with van der Waals surface area (Å²) in [4.78, 5) is 4.07. The van der Waals surface area contributed by atoms with Gasteiger partial charge < -0.3 is 10.1 Å². The maximum atomic E-state index is 5.85. The van der Waals surface area contributed by atoms with Crippen LogP contribution in [-0.2, 0) is 6.54 Å². The van der Waals surface area contributed by atoms with Crippen molar-refractivity contribution in [3.05, 3.63) is 50.1 Å². The van der Waals surface area contributed by atoms with Gasteiger partial charge in [-0.3, -0.25) is 0 Å². The molecule has 1 aromatic carbocycles. The van der Waals surface area contributed by atoms with Gasteiger partial charge in [-0.05, 0) is 40.2 Å². The van der Waals surface area contributed by atoms with Crippen LogP contribution in [0.5, 0.6) is 5.75 Å². The molecule has 0 aliphatic heterocycles. The third-order valence-corrected chi connectivity index (χ3v) is 4.15. The first-order valence-corrected chi connectivity index (χ1v) is 7.44. The van der Waals surface area contributed by atoms with E-state index in [0.29, 0.717) is 11.7 Å². The molecule has 100 valence electrons. The van der Waals surface area contributed by atoms with Gasteiger partial charge in [-0.1, -0.05) is 27.5 Å². The largest absolute Gasteiger partial charge is 0.496 e. The molecular weight excluding hydrogens is 395 g/mol. The standard InChI is InChI=1S/C13H11Br2ClN2O/c1-19-12-3-2-9(14)4-8(12)6-17-10-5-11(15)13(16)18-7-10/h2-5,7,17H,6H2,1H3. The predicted octanol–water partition coefficient (Wildman–Crippen LogP) is 4.88. The van der Waals surface area contributed by atoms with Crippen LogP contribution in [0.25, 0.3) is 0 Å². The Morgan fingerprint density at radius 2 is 2.11 bits per heavy atom. The minimum Gasteiger partial charge on any atom is -0.496 e. The number of benzene rings is 1. The molecule has 0 atom stereocenters. The van der Waals surface area contributed by atoms with Crippen molar-refractivity contribution in [3.63, 3.8) is 0 Å². The Kier molecular flexibility index (Phi) is 5.07. The maximum absolute atomic E-state index is 5.85. The smallest absolute Gasteiger partial charge is 0.143 e. The molecule has 0 amide bonds. The highest BCUT2D eigenvalue weighted by molar-refractivity contribution is 9.10. The van der Waals surface area contributed by atoms with Gasteiger partial charge in [0.1, 0.15) is 10.9 Å². The van der Waals surface area contributed by atoms with Gasteiger partial charge in [-0.2, -0.15) is 0 Å². The van der Waals surface area contributed by atoms with Gasteiger partial charge in [0.2, 0.25) is 0 Å². The highest BCUT2D eigenvalue weighted by Crippen LogP contribution is 2.26. The fourth-order valence-corrected chi connectivity index (χ4v) is 2.46. The molecule has 19 heavy (non-hydrogen) atoms. The van der Waals surface area contributed by atoms with Crippen molar-refractivity contribution in [1.29, 1.82) is 0 Å². The minimum absolute atomic E-state index is 0.450. The lowest BCUT2D eigenvalue weighted by atomic mass is 10.2. The van der Waals surface area contributed by atoms with E-state index in [1.165, 1.54) is 0 Å². The molecule has 6 heteroatoms. The number of pyridine rings is 1. The van der Waals surface area contributed by atoms with Crippen LogP contribution in [0.3, 0.4) is 0 Å². The molecule has 0 bridgehead atoms. The van der Waals surface area contributed by atoms with Crippen LogP contribution in [0.1, 0.15) is 5.56 Å². The molecule has 1 aromatic heterocycles. The first-order valence-electron chi connectivity index (χ1n) is 5.47. The molecule has 1 N–H and O–H groups in total. The molecule has 0 saturated heterocycles. The Bertz CT molecular complexity index is 593. The van der Waals surface area contributed by atoms with Gasteiger partial charge in [0.25, 0.3) is 0 Å². The normalized spacial score (nSPS) is 10.3. The quantitative estimate of drug-likeness (QED) is 0.735. The molecule has 1 heterocycles. The third kappa shape index (κ3) is 3.84. The van der Waals surface area contributed by atoms with E-state index in [9.17, 15) is 0 Å². The number of hydrogen-bond donors (Lipinski definition) is 1. The van der Waals surface area contributed by atoms with Gasteiger partial charge in [-0.15, -0.1) is 0 Å². The van der Waals surface area contributed by atoms with E-state index in [1.54, 1.807) is 13.3 Å². The SMILES string of the molecule is COc1ccc(Br)cc1CNc1cnc(Cl)c(Br)c1. The number of nitrogens with zero attached hydrogens (tertiary/aromatic N) is 1. The van der Waals surface area contributed by atoms with Crippen molar-refractivity contribution in [3.8, 4) is 5.75 Å². The van der Waals surface area contributed by atoms with Crippen LogP contribution in [0.15, 0.2) is 39.4 Å². The number of halogens is 3. The summed E-state index contributed by atoms with van der Waals surface area (Å²) >= 11 is 12.7. The average Bonchev–Trinajstić information content (AvgIpc) is 2.40. The predicted molar refractivity (Wildman–Crippen MR) is 85.0 cm³/mol. The van der Waals surface area contributed by atoms with Crippen LogP contribution in [-0.4, -0.2) is 12.1 Å². The van der Waals surface area contributed by atoms with E-state index in [4.69, 9.17) is 16.3 Å². The van der Waals surface area contributed by atoms with E-state index in [2.05, 4.69) is 42.2 Å². The second-order valence-electron chi connectivity index (χ2n) is 3.81. The van der Waals surface area contributed by atoms with Crippen molar-refractivity contribution in [2.24, 2.45) is 0 Å². The lowest BCUT2D eigenvalue weighted by molar-refractivity contribution is 0.410.